The van der Waals surface area contributed by atoms with Crippen molar-refractivity contribution in [3.8, 4) is 0 Å². The van der Waals surface area contributed by atoms with Crippen LogP contribution in [0.25, 0.3) is 10.2 Å². The van der Waals surface area contributed by atoms with Crippen molar-refractivity contribution in [3.05, 3.63) is 29.3 Å². The molecule has 4 heteroatoms. The van der Waals surface area contributed by atoms with E-state index in [1.807, 2.05) is 11.3 Å². The number of carbonyl (C=O) groups is 1. The Bertz CT molecular complexity index is 679. The van der Waals surface area contributed by atoms with E-state index in [9.17, 15) is 4.79 Å². The number of likely N-dealkylation sites (tertiary alicyclic amines) is 1. The number of fused-ring (bicyclic) bond motifs is 1. The Labute approximate surface area is 154 Å². The Morgan fingerprint density at radius 2 is 1.84 bits per heavy atom. The summed E-state index contributed by atoms with van der Waals surface area (Å²) in [6, 6.07) is 8.39. The molecule has 1 aromatic heterocycles. The van der Waals surface area contributed by atoms with Crippen LogP contribution in [0.5, 0.6) is 0 Å². The smallest absolute Gasteiger partial charge is 0.222 e. The average molecular weight is 357 g/mol. The number of carbonyl (C=O) groups excluding carboxylic acids is 1. The van der Waals surface area contributed by atoms with Gasteiger partial charge in [0.05, 0.1) is 15.2 Å². The molecule has 1 amide bonds. The third-order valence-electron chi connectivity index (χ3n) is 6.00. The Kier molecular flexibility index (Phi) is 5.35. The van der Waals surface area contributed by atoms with Crippen LogP contribution in [-0.2, 0) is 4.79 Å². The largest absolute Gasteiger partial charge is 0.343 e. The van der Waals surface area contributed by atoms with Crippen LogP contribution in [0.3, 0.4) is 0 Å². The lowest BCUT2D eigenvalue weighted by molar-refractivity contribution is -0.132. The van der Waals surface area contributed by atoms with Crippen molar-refractivity contribution in [2.24, 2.45) is 5.92 Å². The van der Waals surface area contributed by atoms with Gasteiger partial charge in [-0.3, -0.25) is 4.79 Å². The van der Waals surface area contributed by atoms with Crippen molar-refractivity contribution in [3.63, 3.8) is 0 Å². The van der Waals surface area contributed by atoms with Gasteiger partial charge in [0.1, 0.15) is 0 Å². The predicted molar refractivity (Wildman–Crippen MR) is 104 cm³/mol. The van der Waals surface area contributed by atoms with E-state index in [0.717, 1.165) is 50.2 Å². The van der Waals surface area contributed by atoms with Crippen LogP contribution in [0.4, 0.5) is 0 Å². The molecule has 2 aliphatic rings. The van der Waals surface area contributed by atoms with Gasteiger partial charge < -0.3 is 4.90 Å². The number of hydrogen-bond acceptors (Lipinski definition) is 3. The van der Waals surface area contributed by atoms with Gasteiger partial charge in [0, 0.05) is 25.4 Å². The summed E-state index contributed by atoms with van der Waals surface area (Å²) in [6.45, 7) is 1.81. The predicted octanol–water partition coefficient (Wildman–Crippen LogP) is 5.36. The second kappa shape index (κ2) is 7.86. The van der Waals surface area contributed by atoms with E-state index in [1.54, 1.807) is 0 Å². The Morgan fingerprint density at radius 3 is 2.60 bits per heavy atom. The minimum atomic E-state index is 0.383. The fourth-order valence-corrected chi connectivity index (χ4v) is 5.54. The van der Waals surface area contributed by atoms with Gasteiger partial charge in [0.2, 0.25) is 5.91 Å². The first-order valence-corrected chi connectivity index (χ1v) is 10.7. The molecule has 3 nitrogen and oxygen atoms in total. The van der Waals surface area contributed by atoms with E-state index in [0.29, 0.717) is 11.8 Å². The lowest BCUT2D eigenvalue weighted by atomic mass is 9.86. The molecular formula is C21H28N2OS. The standard InChI is InChI=1S/C21H28N2OS/c24-20(11-10-16-6-2-1-3-7-16)23-14-12-17(13-15-23)21-22-18-8-4-5-9-19(18)25-21/h4-5,8-9,16-17H,1-3,6-7,10-15H2. The van der Waals surface area contributed by atoms with Gasteiger partial charge in [-0.2, -0.15) is 0 Å². The molecule has 25 heavy (non-hydrogen) atoms. The second-order valence-electron chi connectivity index (χ2n) is 7.72. The van der Waals surface area contributed by atoms with Gasteiger partial charge in [0.25, 0.3) is 0 Å². The van der Waals surface area contributed by atoms with Gasteiger partial charge in [-0.05, 0) is 37.3 Å². The summed E-state index contributed by atoms with van der Waals surface area (Å²) < 4.78 is 1.28. The number of rotatable bonds is 4. The minimum absolute atomic E-state index is 0.383. The minimum Gasteiger partial charge on any atom is -0.343 e. The van der Waals surface area contributed by atoms with Crippen LogP contribution in [0.1, 0.15) is 68.7 Å². The quantitative estimate of drug-likeness (QED) is 0.738. The molecule has 1 aliphatic heterocycles. The summed E-state index contributed by atoms with van der Waals surface area (Å²) in [7, 11) is 0. The number of thiazole rings is 1. The summed E-state index contributed by atoms with van der Waals surface area (Å²) in [5.74, 6) is 1.71. The topological polar surface area (TPSA) is 33.2 Å². The number of amides is 1. The maximum absolute atomic E-state index is 12.5. The molecule has 0 spiro atoms. The Morgan fingerprint density at radius 1 is 1.08 bits per heavy atom. The molecule has 1 saturated carbocycles. The zero-order chi connectivity index (χ0) is 17.1. The number of benzene rings is 1. The Balaban J connectivity index is 1.28. The number of piperidine rings is 1. The SMILES string of the molecule is O=C(CCC1CCCCC1)N1CCC(c2nc3ccccc3s2)CC1. The molecule has 4 rings (SSSR count). The summed E-state index contributed by atoms with van der Waals surface area (Å²) in [5.41, 5.74) is 1.12. The van der Waals surface area contributed by atoms with Gasteiger partial charge in [-0.15, -0.1) is 11.3 Å². The summed E-state index contributed by atoms with van der Waals surface area (Å²) in [4.78, 5) is 19.5. The molecule has 0 N–H and O–H groups in total. The van der Waals surface area contributed by atoms with Crippen molar-refractivity contribution in [1.29, 1.82) is 0 Å². The van der Waals surface area contributed by atoms with Crippen LogP contribution in [0.2, 0.25) is 0 Å². The van der Waals surface area contributed by atoms with E-state index < -0.39 is 0 Å². The number of aromatic nitrogens is 1. The van der Waals surface area contributed by atoms with E-state index in [-0.39, 0.29) is 0 Å². The van der Waals surface area contributed by atoms with E-state index in [1.165, 1.54) is 41.8 Å². The third-order valence-corrected chi connectivity index (χ3v) is 7.20. The molecule has 0 unspecified atom stereocenters. The number of hydrogen-bond donors (Lipinski definition) is 0. The van der Waals surface area contributed by atoms with Crippen LogP contribution in [0.15, 0.2) is 24.3 Å². The van der Waals surface area contributed by atoms with Crippen LogP contribution in [-0.4, -0.2) is 28.9 Å². The summed E-state index contributed by atoms with van der Waals surface area (Å²) in [6.07, 6.45) is 10.8. The fourth-order valence-electron chi connectivity index (χ4n) is 4.40. The van der Waals surface area contributed by atoms with Crippen molar-refractivity contribution in [2.45, 2.75) is 63.7 Å². The fraction of sp³-hybridized carbons (Fsp3) is 0.619. The highest BCUT2D eigenvalue weighted by Gasteiger charge is 2.26. The highest BCUT2D eigenvalue weighted by atomic mass is 32.1. The van der Waals surface area contributed by atoms with Crippen molar-refractivity contribution in [2.75, 3.05) is 13.1 Å². The maximum atomic E-state index is 12.5. The van der Waals surface area contributed by atoms with Crippen molar-refractivity contribution >= 4 is 27.5 Å². The molecule has 0 atom stereocenters. The molecule has 1 aliphatic carbocycles. The van der Waals surface area contributed by atoms with E-state index in [4.69, 9.17) is 4.98 Å². The zero-order valence-electron chi connectivity index (χ0n) is 15.0. The van der Waals surface area contributed by atoms with Crippen LogP contribution < -0.4 is 0 Å². The molecule has 2 aromatic rings. The normalized spacial score (nSPS) is 20.2. The maximum Gasteiger partial charge on any atom is 0.222 e. The molecule has 2 heterocycles. The first kappa shape index (κ1) is 17.0. The van der Waals surface area contributed by atoms with E-state index in [2.05, 4.69) is 29.2 Å². The molecule has 1 aromatic carbocycles. The molecule has 2 fully saturated rings. The summed E-state index contributed by atoms with van der Waals surface area (Å²) >= 11 is 1.83. The van der Waals surface area contributed by atoms with Gasteiger partial charge in [-0.25, -0.2) is 4.98 Å². The first-order valence-electron chi connectivity index (χ1n) is 9.93. The first-order chi connectivity index (χ1) is 12.3. The van der Waals surface area contributed by atoms with E-state index >= 15 is 0 Å². The second-order valence-corrected chi connectivity index (χ2v) is 8.78. The highest BCUT2D eigenvalue weighted by molar-refractivity contribution is 7.18. The lowest BCUT2D eigenvalue weighted by Crippen LogP contribution is -2.38. The molecule has 0 radical (unpaired) electrons. The average Bonchev–Trinajstić information content (AvgIpc) is 3.11. The van der Waals surface area contributed by atoms with Gasteiger partial charge in [-0.1, -0.05) is 44.2 Å². The zero-order valence-corrected chi connectivity index (χ0v) is 15.8. The van der Waals surface area contributed by atoms with Crippen LogP contribution in [0, 0.1) is 5.92 Å². The number of para-hydroxylation sites is 1. The van der Waals surface area contributed by atoms with Crippen molar-refractivity contribution in [1.82, 2.24) is 9.88 Å². The molecular weight excluding hydrogens is 328 g/mol. The Hall–Kier alpha value is -1.42. The van der Waals surface area contributed by atoms with Crippen LogP contribution >= 0.6 is 11.3 Å². The number of nitrogens with zero attached hydrogens (tertiary/aromatic N) is 2. The molecule has 134 valence electrons. The summed E-state index contributed by atoms with van der Waals surface area (Å²) in [5, 5.41) is 1.26. The highest BCUT2D eigenvalue weighted by Crippen LogP contribution is 2.34. The molecule has 1 saturated heterocycles. The third kappa shape index (κ3) is 4.05. The van der Waals surface area contributed by atoms with Gasteiger partial charge in [0.15, 0.2) is 0 Å². The van der Waals surface area contributed by atoms with Gasteiger partial charge >= 0.3 is 0 Å². The monoisotopic (exact) mass is 356 g/mol. The lowest BCUT2D eigenvalue weighted by Gasteiger charge is -2.31. The van der Waals surface area contributed by atoms with Crippen molar-refractivity contribution < 1.29 is 4.79 Å². The molecule has 0 bridgehead atoms.